The number of rotatable bonds is 4. The third-order valence-electron chi connectivity index (χ3n) is 1.44. The Morgan fingerprint density at radius 3 is 2.83 bits per heavy atom. The molecule has 12 heavy (non-hydrogen) atoms. The number of carbonyl (C=O) groups is 1. The van der Waals surface area contributed by atoms with Crippen LogP contribution in [0.3, 0.4) is 0 Å². The molecule has 1 heterocycles. The van der Waals surface area contributed by atoms with Crippen molar-refractivity contribution >= 4 is 23.7 Å². The number of aliphatic hydroxyl groups excluding tert-OH is 1. The second-order valence-electron chi connectivity index (χ2n) is 2.31. The highest BCUT2D eigenvalue weighted by Gasteiger charge is 1.96. The van der Waals surface area contributed by atoms with Gasteiger partial charge in [-0.2, -0.15) is 11.3 Å². The average Bonchev–Trinajstić information content (AvgIpc) is 2.52. The van der Waals surface area contributed by atoms with Gasteiger partial charge >= 0.3 is 0 Å². The van der Waals surface area contributed by atoms with Crippen molar-refractivity contribution in [3.8, 4) is 0 Å². The van der Waals surface area contributed by atoms with E-state index in [4.69, 9.17) is 5.11 Å². The van der Waals surface area contributed by atoms with E-state index in [1.165, 1.54) is 11.3 Å². The van der Waals surface area contributed by atoms with Gasteiger partial charge in [0.1, 0.15) is 0 Å². The maximum absolute atomic E-state index is 10.4. The lowest BCUT2D eigenvalue weighted by atomic mass is 10.2. The highest BCUT2D eigenvalue weighted by atomic mass is 32.1. The normalized spacial score (nSPS) is 10.8. The highest BCUT2D eigenvalue weighted by Crippen LogP contribution is 2.14. The Morgan fingerprint density at radius 1 is 1.42 bits per heavy atom. The van der Waals surface area contributed by atoms with E-state index in [0.717, 1.165) is 11.8 Å². The van der Waals surface area contributed by atoms with Gasteiger partial charge in [-0.1, -0.05) is 12.2 Å². The van der Waals surface area contributed by atoms with Gasteiger partial charge in [-0.25, -0.2) is 0 Å². The molecular formula is C9H10O2S. The summed E-state index contributed by atoms with van der Waals surface area (Å²) >= 11 is 1.50. The first-order valence-corrected chi connectivity index (χ1v) is 4.61. The van der Waals surface area contributed by atoms with Crippen molar-refractivity contribution in [3.63, 3.8) is 0 Å². The first-order chi connectivity index (χ1) is 5.88. The molecule has 1 aromatic heterocycles. The summed E-state index contributed by atoms with van der Waals surface area (Å²) in [6, 6.07) is 0. The van der Waals surface area contributed by atoms with E-state index in [-0.39, 0.29) is 6.61 Å². The van der Waals surface area contributed by atoms with E-state index >= 15 is 0 Å². The minimum absolute atomic E-state index is 0.150. The summed E-state index contributed by atoms with van der Waals surface area (Å²) in [6.45, 7) is 0.150. The fourth-order valence-corrected chi connectivity index (χ4v) is 1.60. The first kappa shape index (κ1) is 9.16. The molecule has 64 valence electrons. The summed E-state index contributed by atoms with van der Waals surface area (Å²) in [5.41, 5.74) is 1.65. The molecule has 0 bridgehead atoms. The van der Waals surface area contributed by atoms with Crippen molar-refractivity contribution in [2.24, 2.45) is 0 Å². The zero-order valence-corrected chi connectivity index (χ0v) is 7.38. The SMILES string of the molecule is O=Cc1cscc1C=CCCO. The van der Waals surface area contributed by atoms with E-state index in [0.29, 0.717) is 12.0 Å². The first-order valence-electron chi connectivity index (χ1n) is 3.67. The van der Waals surface area contributed by atoms with Crippen LogP contribution in [0.5, 0.6) is 0 Å². The standard InChI is InChI=1S/C9H10O2S/c10-4-2-1-3-8-6-12-7-9(8)5-11/h1,3,5-7,10H,2,4H2. The zero-order chi connectivity index (χ0) is 8.81. The van der Waals surface area contributed by atoms with Gasteiger partial charge in [-0.3, -0.25) is 4.79 Å². The van der Waals surface area contributed by atoms with Crippen LogP contribution in [0.25, 0.3) is 6.08 Å². The molecule has 0 radical (unpaired) electrons. The van der Waals surface area contributed by atoms with Gasteiger partial charge in [0.05, 0.1) is 0 Å². The van der Waals surface area contributed by atoms with Gasteiger partial charge in [0, 0.05) is 17.6 Å². The summed E-state index contributed by atoms with van der Waals surface area (Å²) in [6.07, 6.45) is 5.19. The number of aliphatic hydroxyl groups is 1. The Morgan fingerprint density at radius 2 is 2.17 bits per heavy atom. The predicted octanol–water partition coefficient (Wildman–Crippen LogP) is 1.96. The van der Waals surface area contributed by atoms with Crippen molar-refractivity contribution in [2.45, 2.75) is 6.42 Å². The molecule has 0 amide bonds. The fraction of sp³-hybridized carbons (Fsp3) is 0.222. The van der Waals surface area contributed by atoms with Crippen molar-refractivity contribution in [3.05, 3.63) is 28.0 Å². The molecule has 1 N–H and O–H groups in total. The Balaban J connectivity index is 2.67. The molecule has 3 heteroatoms. The molecule has 1 aromatic rings. The Hall–Kier alpha value is -0.930. The lowest BCUT2D eigenvalue weighted by Gasteiger charge is -1.87. The Labute approximate surface area is 75.2 Å². The van der Waals surface area contributed by atoms with Crippen LogP contribution in [-0.2, 0) is 0 Å². The largest absolute Gasteiger partial charge is 0.396 e. The number of carbonyl (C=O) groups excluding carboxylic acids is 1. The third kappa shape index (κ3) is 2.29. The number of thiophene rings is 1. The second kappa shape index (κ2) is 4.85. The molecular weight excluding hydrogens is 172 g/mol. The maximum atomic E-state index is 10.4. The van der Waals surface area contributed by atoms with Crippen molar-refractivity contribution in [1.82, 2.24) is 0 Å². The summed E-state index contributed by atoms with van der Waals surface area (Å²) in [5, 5.41) is 12.2. The molecule has 0 aliphatic carbocycles. The van der Waals surface area contributed by atoms with Crippen molar-refractivity contribution in [1.29, 1.82) is 0 Å². The van der Waals surface area contributed by atoms with Crippen molar-refractivity contribution in [2.75, 3.05) is 6.61 Å². The quantitative estimate of drug-likeness (QED) is 0.723. The van der Waals surface area contributed by atoms with E-state index in [2.05, 4.69) is 0 Å². The number of hydrogen-bond acceptors (Lipinski definition) is 3. The van der Waals surface area contributed by atoms with Crippen molar-refractivity contribution < 1.29 is 9.90 Å². The minimum Gasteiger partial charge on any atom is -0.396 e. The lowest BCUT2D eigenvalue weighted by molar-refractivity contribution is 0.112. The smallest absolute Gasteiger partial charge is 0.151 e. The second-order valence-corrected chi connectivity index (χ2v) is 3.06. The molecule has 0 saturated carbocycles. The molecule has 0 atom stereocenters. The third-order valence-corrected chi connectivity index (χ3v) is 2.22. The van der Waals surface area contributed by atoms with Gasteiger partial charge in [0.25, 0.3) is 0 Å². The van der Waals surface area contributed by atoms with E-state index < -0.39 is 0 Å². The van der Waals surface area contributed by atoms with Crippen LogP contribution in [0.2, 0.25) is 0 Å². The Bertz CT molecular complexity index is 276. The monoisotopic (exact) mass is 182 g/mol. The zero-order valence-electron chi connectivity index (χ0n) is 6.56. The van der Waals surface area contributed by atoms with Crippen LogP contribution < -0.4 is 0 Å². The predicted molar refractivity (Wildman–Crippen MR) is 50.4 cm³/mol. The molecule has 2 nitrogen and oxygen atoms in total. The summed E-state index contributed by atoms with van der Waals surface area (Å²) < 4.78 is 0. The molecule has 0 spiro atoms. The maximum Gasteiger partial charge on any atom is 0.151 e. The molecule has 0 aliphatic rings. The summed E-state index contributed by atoms with van der Waals surface area (Å²) in [4.78, 5) is 10.4. The lowest BCUT2D eigenvalue weighted by Crippen LogP contribution is -1.79. The van der Waals surface area contributed by atoms with Gasteiger partial charge in [-0.05, 0) is 17.4 Å². The molecule has 0 fully saturated rings. The van der Waals surface area contributed by atoms with E-state index in [1.54, 1.807) is 0 Å². The van der Waals surface area contributed by atoms with Crippen LogP contribution >= 0.6 is 11.3 Å². The molecule has 0 aliphatic heterocycles. The van der Waals surface area contributed by atoms with Gasteiger partial charge in [0.15, 0.2) is 6.29 Å². The van der Waals surface area contributed by atoms with Crippen LogP contribution in [-0.4, -0.2) is 18.0 Å². The Kier molecular flexibility index (Phi) is 3.70. The number of aldehydes is 1. The highest BCUT2D eigenvalue weighted by molar-refractivity contribution is 7.08. The van der Waals surface area contributed by atoms with Gasteiger partial charge in [0.2, 0.25) is 0 Å². The average molecular weight is 182 g/mol. The van der Waals surface area contributed by atoms with Gasteiger partial charge < -0.3 is 5.11 Å². The molecule has 0 saturated heterocycles. The number of hydrogen-bond donors (Lipinski definition) is 1. The molecule has 0 aromatic carbocycles. The van der Waals surface area contributed by atoms with Crippen LogP contribution in [0.15, 0.2) is 16.8 Å². The summed E-state index contributed by atoms with van der Waals surface area (Å²) in [7, 11) is 0. The van der Waals surface area contributed by atoms with Crippen LogP contribution in [0.4, 0.5) is 0 Å². The van der Waals surface area contributed by atoms with Crippen LogP contribution in [0, 0.1) is 0 Å². The molecule has 0 unspecified atom stereocenters. The van der Waals surface area contributed by atoms with E-state index in [9.17, 15) is 4.79 Å². The minimum atomic E-state index is 0.150. The fourth-order valence-electron chi connectivity index (χ4n) is 0.833. The van der Waals surface area contributed by atoms with E-state index in [1.807, 2.05) is 22.9 Å². The van der Waals surface area contributed by atoms with Crippen LogP contribution in [0.1, 0.15) is 22.3 Å². The topological polar surface area (TPSA) is 37.3 Å². The van der Waals surface area contributed by atoms with Gasteiger partial charge in [-0.15, -0.1) is 0 Å². The molecule has 1 rings (SSSR count). The summed E-state index contributed by atoms with van der Waals surface area (Å²) in [5.74, 6) is 0.